The number of methoxy groups -OCH3 is 2. The second-order valence-electron chi connectivity index (χ2n) is 9.60. The van der Waals surface area contributed by atoms with E-state index in [1.807, 2.05) is 37.4 Å². The van der Waals surface area contributed by atoms with Crippen molar-refractivity contribution >= 4 is 41.0 Å². The molecule has 2 N–H and O–H groups in total. The molecular weight excluding hydrogens is 496 g/mol. The number of hydrogen-bond acceptors (Lipinski definition) is 8. The first-order valence-electron chi connectivity index (χ1n) is 12.9. The third-order valence-corrected chi connectivity index (χ3v) is 7.18. The van der Waals surface area contributed by atoms with Crippen LogP contribution in [0.25, 0.3) is 6.08 Å². The molecule has 2 aromatic carbocycles. The Morgan fingerprint density at radius 1 is 1.00 bits per heavy atom. The lowest BCUT2D eigenvalue weighted by atomic mass is 10.0. The molecule has 1 aromatic heterocycles. The number of ether oxygens (including phenoxy) is 2. The number of rotatable bonds is 8. The Balaban J connectivity index is 1.40. The van der Waals surface area contributed by atoms with Gasteiger partial charge in [0.1, 0.15) is 28.6 Å². The van der Waals surface area contributed by atoms with Crippen LogP contribution in [0, 0.1) is 0 Å². The van der Waals surface area contributed by atoms with E-state index in [4.69, 9.17) is 15.2 Å². The van der Waals surface area contributed by atoms with E-state index in [0.717, 1.165) is 48.4 Å². The number of aromatic nitrogens is 1. The normalized spacial score (nSPS) is 15.2. The molecular formula is C29H32N6O4. The lowest BCUT2D eigenvalue weighted by Gasteiger charge is -2.21. The molecule has 39 heavy (non-hydrogen) atoms. The Hall–Kier alpha value is -4.60. The van der Waals surface area contributed by atoms with Crippen molar-refractivity contribution in [2.45, 2.75) is 19.3 Å². The molecule has 0 aliphatic carbocycles. The third kappa shape index (κ3) is 5.09. The fourth-order valence-electron chi connectivity index (χ4n) is 5.23. The monoisotopic (exact) mass is 528 g/mol. The summed E-state index contributed by atoms with van der Waals surface area (Å²) >= 11 is 0. The number of nitrogens with two attached hydrogens (primary N) is 1. The van der Waals surface area contributed by atoms with Crippen LogP contribution < -0.4 is 25.0 Å². The molecule has 202 valence electrons. The van der Waals surface area contributed by atoms with Gasteiger partial charge < -0.3 is 29.6 Å². The fourth-order valence-corrected chi connectivity index (χ4v) is 5.23. The van der Waals surface area contributed by atoms with Gasteiger partial charge in [-0.3, -0.25) is 9.59 Å². The Kier molecular flexibility index (Phi) is 7.36. The topological polar surface area (TPSA) is 115 Å². The van der Waals surface area contributed by atoms with Crippen molar-refractivity contribution in [1.29, 1.82) is 0 Å². The first-order chi connectivity index (χ1) is 18.9. The summed E-state index contributed by atoms with van der Waals surface area (Å²) in [4.78, 5) is 28.6. The molecule has 10 nitrogen and oxygen atoms in total. The van der Waals surface area contributed by atoms with E-state index in [9.17, 15) is 9.59 Å². The first kappa shape index (κ1) is 26.0. The highest BCUT2D eigenvalue weighted by molar-refractivity contribution is 6.07. The predicted molar refractivity (Wildman–Crippen MR) is 151 cm³/mol. The summed E-state index contributed by atoms with van der Waals surface area (Å²) in [6, 6.07) is 11.1. The summed E-state index contributed by atoms with van der Waals surface area (Å²) < 4.78 is 13.0. The average Bonchev–Trinajstić information content (AvgIpc) is 3.71. The third-order valence-electron chi connectivity index (χ3n) is 7.18. The molecule has 2 aliphatic heterocycles. The number of aryl methyl sites for hydroxylation is 1. The molecule has 0 spiro atoms. The smallest absolute Gasteiger partial charge is 0.274 e. The number of anilines is 2. The molecule has 3 heterocycles. The maximum Gasteiger partial charge on any atom is 0.274 e. The summed E-state index contributed by atoms with van der Waals surface area (Å²) in [6.07, 6.45) is 6.99. The van der Waals surface area contributed by atoms with Crippen molar-refractivity contribution in [2.24, 2.45) is 23.0 Å². The van der Waals surface area contributed by atoms with E-state index in [1.54, 1.807) is 42.0 Å². The number of carbonyl (C=O) groups is 2. The number of azo groups is 1. The van der Waals surface area contributed by atoms with Crippen LogP contribution >= 0.6 is 0 Å². The number of hydrogen-bond donors (Lipinski definition) is 1. The SMILES string of the molecule is COc1cc(N2CCCC2)c(OC)cc1/N=N/c1cc(C(=O)N2CCc3c(/C=C(\N)C=O)cccc32)n(C)c1. The van der Waals surface area contributed by atoms with Crippen LogP contribution in [0.15, 0.2) is 58.5 Å². The maximum absolute atomic E-state index is 13.6. The molecule has 1 saturated heterocycles. The van der Waals surface area contributed by atoms with Crippen molar-refractivity contribution in [1.82, 2.24) is 4.57 Å². The van der Waals surface area contributed by atoms with E-state index >= 15 is 0 Å². The molecule has 1 amide bonds. The van der Waals surface area contributed by atoms with Gasteiger partial charge in [0.25, 0.3) is 5.91 Å². The lowest BCUT2D eigenvalue weighted by Crippen LogP contribution is -2.30. The van der Waals surface area contributed by atoms with Crippen molar-refractivity contribution < 1.29 is 19.1 Å². The van der Waals surface area contributed by atoms with E-state index in [2.05, 4.69) is 15.1 Å². The van der Waals surface area contributed by atoms with E-state index in [-0.39, 0.29) is 11.6 Å². The van der Waals surface area contributed by atoms with E-state index in [0.29, 0.717) is 47.8 Å². The molecule has 0 bridgehead atoms. The second kappa shape index (κ2) is 11.0. The molecule has 1 fully saturated rings. The number of nitrogens with zero attached hydrogens (tertiary/aromatic N) is 5. The average molecular weight is 529 g/mol. The van der Waals surface area contributed by atoms with Gasteiger partial charge in [-0.15, -0.1) is 10.2 Å². The van der Waals surface area contributed by atoms with Gasteiger partial charge in [0.2, 0.25) is 0 Å². The number of benzene rings is 2. The van der Waals surface area contributed by atoms with E-state index < -0.39 is 0 Å². The standard InChI is InChI=1S/C29H32N6O4/c1-33-17-21(31-32-23-15-28(39-3)25(16-27(23)38-2)34-10-4-5-11-34)14-26(33)29(37)35-12-9-22-19(13-20(30)18-36)7-6-8-24(22)35/h6-8,13-18H,4-5,9-12,30H2,1-3H3/b20-13-,32-31+. The Bertz CT molecular complexity index is 1470. The van der Waals surface area contributed by atoms with Gasteiger partial charge >= 0.3 is 0 Å². The largest absolute Gasteiger partial charge is 0.494 e. The molecule has 0 radical (unpaired) electrons. The van der Waals surface area contributed by atoms with Crippen LogP contribution in [0.1, 0.15) is 34.5 Å². The molecule has 0 saturated carbocycles. The number of aldehydes is 1. The highest BCUT2D eigenvalue weighted by Crippen LogP contribution is 2.42. The first-order valence-corrected chi connectivity index (χ1v) is 12.9. The summed E-state index contributed by atoms with van der Waals surface area (Å²) in [6.45, 7) is 2.49. The van der Waals surface area contributed by atoms with Crippen molar-refractivity contribution in [3.8, 4) is 11.5 Å². The maximum atomic E-state index is 13.6. The highest BCUT2D eigenvalue weighted by atomic mass is 16.5. The lowest BCUT2D eigenvalue weighted by molar-refractivity contribution is -0.104. The Morgan fingerprint density at radius 3 is 2.49 bits per heavy atom. The van der Waals surface area contributed by atoms with Gasteiger partial charge in [-0.05, 0) is 48.6 Å². The Labute approximate surface area is 227 Å². The van der Waals surface area contributed by atoms with Gasteiger partial charge in [-0.2, -0.15) is 0 Å². The van der Waals surface area contributed by atoms with Gasteiger partial charge in [-0.25, -0.2) is 0 Å². The van der Waals surface area contributed by atoms with Crippen LogP contribution in [0.2, 0.25) is 0 Å². The zero-order valence-corrected chi connectivity index (χ0v) is 22.4. The van der Waals surface area contributed by atoms with Gasteiger partial charge in [0.15, 0.2) is 6.29 Å². The zero-order valence-electron chi connectivity index (χ0n) is 22.4. The van der Waals surface area contributed by atoms with Gasteiger partial charge in [0, 0.05) is 50.7 Å². The Morgan fingerprint density at radius 2 is 1.77 bits per heavy atom. The van der Waals surface area contributed by atoms with Gasteiger partial charge in [0.05, 0.1) is 25.6 Å². The fraction of sp³-hybridized carbons (Fsp3) is 0.310. The summed E-state index contributed by atoms with van der Waals surface area (Å²) in [5.74, 6) is 1.17. The summed E-state index contributed by atoms with van der Waals surface area (Å²) in [5, 5.41) is 8.84. The minimum atomic E-state index is -0.142. The molecule has 3 aromatic rings. The molecule has 0 unspecified atom stereocenters. The van der Waals surface area contributed by atoms with E-state index in [1.165, 1.54) is 0 Å². The minimum absolute atomic E-state index is 0.142. The quantitative estimate of drug-likeness (QED) is 0.256. The number of fused-ring (bicyclic) bond motifs is 1. The summed E-state index contributed by atoms with van der Waals surface area (Å²) in [7, 11) is 5.06. The zero-order chi connectivity index (χ0) is 27.5. The molecule has 10 heteroatoms. The van der Waals surface area contributed by atoms with Crippen molar-refractivity contribution in [2.75, 3.05) is 43.7 Å². The van der Waals surface area contributed by atoms with Crippen LogP contribution in [-0.2, 0) is 18.3 Å². The second-order valence-corrected chi connectivity index (χ2v) is 9.60. The molecule has 5 rings (SSSR count). The summed E-state index contributed by atoms with van der Waals surface area (Å²) in [5.41, 5.74) is 11.1. The van der Waals surface area contributed by atoms with Crippen molar-refractivity contribution in [3.05, 3.63) is 65.1 Å². The predicted octanol–water partition coefficient (Wildman–Crippen LogP) is 4.76. The highest BCUT2D eigenvalue weighted by Gasteiger charge is 2.28. The van der Waals surface area contributed by atoms with Crippen molar-refractivity contribution in [3.63, 3.8) is 0 Å². The van der Waals surface area contributed by atoms with Gasteiger partial charge in [-0.1, -0.05) is 12.1 Å². The van der Waals surface area contributed by atoms with Crippen LogP contribution in [0.4, 0.5) is 22.7 Å². The number of amides is 1. The van der Waals surface area contributed by atoms with Crippen LogP contribution in [0.3, 0.4) is 0 Å². The molecule has 0 atom stereocenters. The number of carbonyl (C=O) groups excluding carboxylic acids is 2. The van der Waals surface area contributed by atoms with Crippen LogP contribution in [0.5, 0.6) is 11.5 Å². The number of allylic oxidation sites excluding steroid dienone is 1. The molecule has 2 aliphatic rings. The minimum Gasteiger partial charge on any atom is -0.494 e. The van der Waals surface area contributed by atoms with Crippen LogP contribution in [-0.4, -0.2) is 50.6 Å².